The van der Waals surface area contributed by atoms with E-state index in [2.05, 4.69) is 31.0 Å². The van der Waals surface area contributed by atoms with E-state index in [9.17, 15) is 0 Å². The second-order valence-corrected chi connectivity index (χ2v) is 4.24. The smallest absolute Gasteiger partial charge is 0.164 e. The van der Waals surface area contributed by atoms with Crippen LogP contribution in [0.2, 0.25) is 5.15 Å². The maximum Gasteiger partial charge on any atom is 0.164 e. The lowest BCUT2D eigenvalue weighted by Gasteiger charge is -1.92. The van der Waals surface area contributed by atoms with Crippen LogP contribution in [-0.2, 0) is 0 Å². The van der Waals surface area contributed by atoms with E-state index in [0.717, 1.165) is 21.2 Å². The Morgan fingerprint density at radius 3 is 3.13 bits per heavy atom. The summed E-state index contributed by atoms with van der Waals surface area (Å²) in [5, 5.41) is 5.70. The fourth-order valence-corrected chi connectivity index (χ4v) is 1.92. The van der Waals surface area contributed by atoms with Crippen molar-refractivity contribution in [1.82, 2.24) is 19.6 Å². The topological polar surface area (TPSA) is 43.1 Å². The van der Waals surface area contributed by atoms with Crippen LogP contribution in [0, 0.1) is 0 Å². The van der Waals surface area contributed by atoms with Crippen LogP contribution in [0.5, 0.6) is 0 Å². The zero-order valence-electron chi connectivity index (χ0n) is 7.35. The summed E-state index contributed by atoms with van der Waals surface area (Å²) in [5.41, 5.74) is 1.54. The standard InChI is InChI=1S/C9H4BrClN4/c10-7-3-5-6(4-12-7)14-15-2-1-8(11)13-9(5)15/h1-4H. The van der Waals surface area contributed by atoms with E-state index in [4.69, 9.17) is 11.6 Å². The zero-order valence-corrected chi connectivity index (χ0v) is 9.70. The minimum Gasteiger partial charge on any atom is -0.247 e. The molecule has 6 heteroatoms. The first-order chi connectivity index (χ1) is 7.24. The third kappa shape index (κ3) is 1.39. The average Bonchev–Trinajstić information content (AvgIpc) is 2.56. The van der Waals surface area contributed by atoms with Gasteiger partial charge in [0.05, 0.1) is 11.6 Å². The molecule has 3 aromatic rings. The average molecular weight is 284 g/mol. The molecule has 74 valence electrons. The molecule has 0 amide bonds. The summed E-state index contributed by atoms with van der Waals surface area (Å²) in [4.78, 5) is 8.33. The summed E-state index contributed by atoms with van der Waals surface area (Å²) in [6, 6.07) is 3.57. The normalized spacial score (nSPS) is 11.3. The molecule has 0 saturated carbocycles. The Morgan fingerprint density at radius 1 is 1.40 bits per heavy atom. The molecule has 3 aromatic heterocycles. The third-order valence-electron chi connectivity index (χ3n) is 2.09. The molecule has 0 aliphatic rings. The van der Waals surface area contributed by atoms with Gasteiger partial charge < -0.3 is 0 Å². The number of hydrogen-bond donors (Lipinski definition) is 0. The summed E-state index contributed by atoms with van der Waals surface area (Å²) < 4.78 is 2.44. The molecule has 0 fully saturated rings. The molecule has 4 nitrogen and oxygen atoms in total. The second-order valence-electron chi connectivity index (χ2n) is 3.04. The van der Waals surface area contributed by atoms with Crippen LogP contribution >= 0.6 is 27.5 Å². The number of hydrogen-bond acceptors (Lipinski definition) is 3. The van der Waals surface area contributed by atoms with Crippen LogP contribution in [0.25, 0.3) is 16.6 Å². The Morgan fingerprint density at radius 2 is 2.27 bits per heavy atom. The molecule has 0 atom stereocenters. The molecule has 3 heterocycles. The first-order valence-electron chi connectivity index (χ1n) is 4.20. The van der Waals surface area contributed by atoms with E-state index >= 15 is 0 Å². The van der Waals surface area contributed by atoms with Crippen LogP contribution in [0.3, 0.4) is 0 Å². The summed E-state index contributed by atoms with van der Waals surface area (Å²) in [6.45, 7) is 0. The molecule has 0 bridgehead atoms. The van der Waals surface area contributed by atoms with Crippen molar-refractivity contribution in [2.75, 3.05) is 0 Å². The molecule has 0 spiro atoms. The van der Waals surface area contributed by atoms with Crippen LogP contribution in [0.1, 0.15) is 0 Å². The van der Waals surface area contributed by atoms with Crippen molar-refractivity contribution >= 4 is 44.1 Å². The minimum atomic E-state index is 0.456. The van der Waals surface area contributed by atoms with E-state index in [1.807, 2.05) is 6.07 Å². The van der Waals surface area contributed by atoms with Gasteiger partial charge in [0, 0.05) is 6.20 Å². The zero-order chi connectivity index (χ0) is 10.4. The highest BCUT2D eigenvalue weighted by Gasteiger charge is 2.07. The van der Waals surface area contributed by atoms with Gasteiger partial charge in [0.1, 0.15) is 15.3 Å². The van der Waals surface area contributed by atoms with Crippen molar-refractivity contribution in [3.63, 3.8) is 0 Å². The van der Waals surface area contributed by atoms with Crippen LogP contribution in [-0.4, -0.2) is 19.6 Å². The molecule has 0 radical (unpaired) electrons. The first-order valence-corrected chi connectivity index (χ1v) is 5.37. The molecule has 0 aromatic carbocycles. The Balaban J connectivity index is 2.55. The third-order valence-corrected chi connectivity index (χ3v) is 2.73. The van der Waals surface area contributed by atoms with Gasteiger partial charge >= 0.3 is 0 Å². The van der Waals surface area contributed by atoms with E-state index in [-0.39, 0.29) is 0 Å². The largest absolute Gasteiger partial charge is 0.247 e. The van der Waals surface area contributed by atoms with Crippen molar-refractivity contribution in [3.8, 4) is 0 Å². The number of pyridine rings is 1. The highest BCUT2D eigenvalue weighted by Crippen LogP contribution is 2.21. The van der Waals surface area contributed by atoms with Crippen molar-refractivity contribution in [2.45, 2.75) is 0 Å². The Labute approximate surface area is 98.0 Å². The molecule has 0 N–H and O–H groups in total. The quantitative estimate of drug-likeness (QED) is 0.470. The fourth-order valence-electron chi connectivity index (χ4n) is 1.45. The molecular formula is C9H4BrClN4. The van der Waals surface area contributed by atoms with Gasteiger partial charge in [0.25, 0.3) is 0 Å². The highest BCUT2D eigenvalue weighted by atomic mass is 79.9. The maximum absolute atomic E-state index is 5.84. The fraction of sp³-hybridized carbons (Fsp3) is 0. The molecule has 0 aliphatic carbocycles. The lowest BCUT2D eigenvalue weighted by atomic mass is 10.3. The van der Waals surface area contributed by atoms with E-state index in [1.54, 1.807) is 23.0 Å². The number of fused-ring (bicyclic) bond motifs is 3. The van der Waals surface area contributed by atoms with Gasteiger partial charge in [-0.25, -0.2) is 14.5 Å². The van der Waals surface area contributed by atoms with Crippen LogP contribution in [0.15, 0.2) is 29.1 Å². The predicted octanol–water partition coefficient (Wildman–Crippen LogP) is 2.69. The van der Waals surface area contributed by atoms with Crippen molar-refractivity contribution in [2.24, 2.45) is 0 Å². The number of rotatable bonds is 0. The van der Waals surface area contributed by atoms with Gasteiger partial charge in [-0.05, 0) is 28.1 Å². The monoisotopic (exact) mass is 282 g/mol. The van der Waals surface area contributed by atoms with Crippen LogP contribution < -0.4 is 0 Å². The minimum absolute atomic E-state index is 0.456. The molecule has 15 heavy (non-hydrogen) atoms. The molecular weight excluding hydrogens is 279 g/mol. The van der Waals surface area contributed by atoms with Gasteiger partial charge in [0.2, 0.25) is 0 Å². The summed E-state index contributed by atoms with van der Waals surface area (Å²) in [5.74, 6) is 0. The summed E-state index contributed by atoms with van der Waals surface area (Å²) in [6.07, 6.45) is 3.47. The molecule has 3 rings (SSSR count). The summed E-state index contributed by atoms with van der Waals surface area (Å²) >= 11 is 9.15. The Bertz CT molecular complexity index is 607. The first kappa shape index (κ1) is 9.06. The van der Waals surface area contributed by atoms with Gasteiger partial charge in [-0.1, -0.05) is 11.6 Å². The highest BCUT2D eigenvalue weighted by molar-refractivity contribution is 9.10. The van der Waals surface area contributed by atoms with Gasteiger partial charge in [-0.3, -0.25) is 0 Å². The molecule has 0 aliphatic heterocycles. The predicted molar refractivity (Wildman–Crippen MR) is 61.0 cm³/mol. The van der Waals surface area contributed by atoms with E-state index in [0.29, 0.717) is 5.15 Å². The lowest BCUT2D eigenvalue weighted by Crippen LogP contribution is -1.87. The van der Waals surface area contributed by atoms with Crippen LogP contribution in [0.4, 0.5) is 0 Å². The maximum atomic E-state index is 5.84. The lowest BCUT2D eigenvalue weighted by molar-refractivity contribution is 0.955. The molecule has 0 unspecified atom stereocenters. The Kier molecular flexibility index (Phi) is 1.90. The number of nitrogens with zero attached hydrogens (tertiary/aromatic N) is 4. The Hall–Kier alpha value is -1.20. The second kappa shape index (κ2) is 3.15. The SMILES string of the molecule is Clc1ccn2nc3cnc(Br)cc3c2n1. The van der Waals surface area contributed by atoms with Crippen molar-refractivity contribution in [1.29, 1.82) is 0 Å². The van der Waals surface area contributed by atoms with Crippen molar-refractivity contribution < 1.29 is 0 Å². The number of aromatic nitrogens is 4. The van der Waals surface area contributed by atoms with Gasteiger partial charge in [-0.15, -0.1) is 0 Å². The summed E-state index contributed by atoms with van der Waals surface area (Å²) in [7, 11) is 0. The van der Waals surface area contributed by atoms with E-state index < -0.39 is 0 Å². The van der Waals surface area contributed by atoms with Gasteiger partial charge in [-0.2, -0.15) is 5.10 Å². The van der Waals surface area contributed by atoms with Gasteiger partial charge in [0.15, 0.2) is 5.65 Å². The number of halogens is 2. The van der Waals surface area contributed by atoms with Crippen molar-refractivity contribution in [3.05, 3.63) is 34.3 Å². The molecule has 0 saturated heterocycles. The van der Waals surface area contributed by atoms with E-state index in [1.165, 1.54) is 0 Å².